The number of nitrogens with zero attached hydrogens (tertiary/aromatic N) is 5. The molecule has 0 aliphatic carbocycles. The third kappa shape index (κ3) is 1.71. The minimum atomic E-state index is -0.500. The second kappa shape index (κ2) is 3.67. The van der Waals surface area contributed by atoms with Gasteiger partial charge in [0, 0.05) is 18.5 Å². The fourth-order valence-corrected chi connectivity index (χ4v) is 1.30. The molecule has 0 atom stereocenters. The fourth-order valence-electron chi connectivity index (χ4n) is 1.30. The number of pyridine rings is 1. The Morgan fingerprint density at radius 1 is 1.24 bits per heavy atom. The summed E-state index contributed by atoms with van der Waals surface area (Å²) in [5.41, 5.74) is 0.564. The van der Waals surface area contributed by atoms with Gasteiger partial charge in [0.25, 0.3) is 0 Å². The Morgan fingerprint density at radius 2 is 2.18 bits per heavy atom. The summed E-state index contributed by atoms with van der Waals surface area (Å²) >= 11 is 0. The van der Waals surface area contributed by atoms with Gasteiger partial charge >= 0.3 is 5.69 Å². The molecule has 3 rings (SSSR count). The molecule has 0 unspecified atom stereocenters. The van der Waals surface area contributed by atoms with Gasteiger partial charge in [-0.05, 0) is 17.3 Å². The van der Waals surface area contributed by atoms with Gasteiger partial charge < -0.3 is 4.84 Å². The first-order valence-corrected chi connectivity index (χ1v) is 4.73. The Balaban J connectivity index is 2.03. The Labute approximate surface area is 93.9 Å². The summed E-state index contributed by atoms with van der Waals surface area (Å²) in [5.74, 6) is 0.211. The summed E-state index contributed by atoms with van der Waals surface area (Å²) in [7, 11) is 0. The molecule has 8 heteroatoms. The van der Waals surface area contributed by atoms with Crippen LogP contribution in [0.3, 0.4) is 0 Å². The normalized spacial score (nSPS) is 10.6. The topological polar surface area (TPSA) is 98.6 Å². The summed E-state index contributed by atoms with van der Waals surface area (Å²) in [6, 6.07) is 5.00. The van der Waals surface area contributed by atoms with Gasteiger partial charge in [0.1, 0.15) is 5.52 Å². The molecule has 0 aliphatic rings. The number of aromatic nitrogens is 6. The number of rotatable bonds is 2. The highest BCUT2D eigenvalue weighted by atomic mass is 16.7. The average Bonchev–Trinajstić information content (AvgIpc) is 2.73. The predicted molar refractivity (Wildman–Crippen MR) is 56.2 cm³/mol. The molecule has 0 aliphatic heterocycles. The van der Waals surface area contributed by atoms with Gasteiger partial charge in [0.15, 0.2) is 0 Å². The molecule has 0 radical (unpaired) electrons. The van der Waals surface area contributed by atoms with E-state index >= 15 is 0 Å². The summed E-state index contributed by atoms with van der Waals surface area (Å²) in [4.78, 5) is 27.3. The summed E-state index contributed by atoms with van der Waals surface area (Å²) in [6.07, 6.45) is 2.93. The molecule has 3 aromatic heterocycles. The Morgan fingerprint density at radius 3 is 3.06 bits per heavy atom. The van der Waals surface area contributed by atoms with Crippen molar-refractivity contribution in [3.05, 3.63) is 41.1 Å². The van der Waals surface area contributed by atoms with Crippen LogP contribution >= 0.6 is 0 Å². The zero-order chi connectivity index (χ0) is 11.7. The van der Waals surface area contributed by atoms with Crippen LogP contribution in [0.25, 0.3) is 11.2 Å². The molecule has 3 aromatic rings. The van der Waals surface area contributed by atoms with Crippen molar-refractivity contribution >= 4 is 11.2 Å². The molecule has 17 heavy (non-hydrogen) atoms. The summed E-state index contributed by atoms with van der Waals surface area (Å²) in [5, 5.41) is 7.61. The highest BCUT2D eigenvalue weighted by Crippen LogP contribution is 2.08. The fraction of sp³-hybridized carbons (Fsp3) is 0. The lowest BCUT2D eigenvalue weighted by Gasteiger charge is -2.01. The lowest BCUT2D eigenvalue weighted by molar-refractivity contribution is 0.173. The van der Waals surface area contributed by atoms with Crippen LogP contribution in [0.4, 0.5) is 0 Å². The second-order valence-electron chi connectivity index (χ2n) is 3.14. The van der Waals surface area contributed by atoms with Gasteiger partial charge in [0.05, 0.1) is 0 Å². The monoisotopic (exact) mass is 230 g/mol. The molecule has 0 saturated heterocycles. The van der Waals surface area contributed by atoms with Crippen LogP contribution in [0.1, 0.15) is 0 Å². The maximum atomic E-state index is 11.0. The zero-order valence-electron chi connectivity index (χ0n) is 8.44. The van der Waals surface area contributed by atoms with Crippen molar-refractivity contribution < 1.29 is 4.84 Å². The maximum Gasteiger partial charge on any atom is 0.347 e. The molecule has 0 fully saturated rings. The minimum Gasteiger partial charge on any atom is -0.336 e. The first kappa shape index (κ1) is 9.46. The van der Waals surface area contributed by atoms with Gasteiger partial charge in [-0.15, -0.1) is 5.10 Å². The molecule has 0 saturated carbocycles. The van der Waals surface area contributed by atoms with E-state index in [9.17, 15) is 4.79 Å². The number of H-pyrrole nitrogens is 1. The van der Waals surface area contributed by atoms with E-state index in [0.29, 0.717) is 11.2 Å². The highest BCUT2D eigenvalue weighted by molar-refractivity contribution is 5.68. The molecule has 0 aromatic carbocycles. The van der Waals surface area contributed by atoms with Crippen molar-refractivity contribution in [2.75, 3.05) is 0 Å². The molecule has 1 N–H and O–H groups in total. The van der Waals surface area contributed by atoms with E-state index in [-0.39, 0.29) is 5.88 Å². The van der Waals surface area contributed by atoms with E-state index in [4.69, 9.17) is 4.84 Å². The van der Waals surface area contributed by atoms with E-state index in [2.05, 4.69) is 25.3 Å². The largest absolute Gasteiger partial charge is 0.347 e. The van der Waals surface area contributed by atoms with Crippen molar-refractivity contribution in [3.63, 3.8) is 0 Å². The predicted octanol–water partition coefficient (Wildman–Crippen LogP) is -0.248. The van der Waals surface area contributed by atoms with Crippen molar-refractivity contribution in [1.29, 1.82) is 0 Å². The van der Waals surface area contributed by atoms with Crippen LogP contribution < -0.4 is 10.5 Å². The number of hydrogen-bond acceptors (Lipinski definition) is 6. The molecule has 0 spiro atoms. The van der Waals surface area contributed by atoms with E-state index in [0.717, 1.165) is 4.85 Å². The Hall–Kier alpha value is -2.77. The van der Waals surface area contributed by atoms with Crippen LogP contribution in [-0.4, -0.2) is 30.1 Å². The van der Waals surface area contributed by atoms with E-state index in [1.54, 1.807) is 18.3 Å². The van der Waals surface area contributed by atoms with Crippen molar-refractivity contribution in [3.8, 4) is 5.88 Å². The van der Waals surface area contributed by atoms with Crippen LogP contribution in [0.2, 0.25) is 0 Å². The quantitative estimate of drug-likeness (QED) is 0.651. The van der Waals surface area contributed by atoms with Crippen LogP contribution in [0, 0.1) is 0 Å². The third-order valence-electron chi connectivity index (χ3n) is 2.01. The van der Waals surface area contributed by atoms with Crippen LogP contribution in [-0.2, 0) is 0 Å². The number of fused-ring (bicyclic) bond motifs is 1. The SMILES string of the molecule is O=c1nccc(On2nnc3cccnc32)[nH]1. The minimum absolute atomic E-state index is 0.211. The van der Waals surface area contributed by atoms with Gasteiger partial charge in [-0.3, -0.25) is 4.98 Å². The van der Waals surface area contributed by atoms with Crippen molar-refractivity contribution in [2.24, 2.45) is 0 Å². The smallest absolute Gasteiger partial charge is 0.336 e. The molecule has 8 nitrogen and oxygen atoms in total. The standard InChI is InChI=1S/C9H6N6O2/c16-9-11-5-3-7(12-9)17-15-8-6(13-14-15)2-1-4-10-8/h1-5H,(H,11,12,16). The maximum absolute atomic E-state index is 11.0. The van der Waals surface area contributed by atoms with Gasteiger partial charge in [-0.2, -0.15) is 0 Å². The first-order chi connectivity index (χ1) is 8.33. The summed E-state index contributed by atoms with van der Waals surface area (Å²) < 4.78 is 0. The molecule has 0 bridgehead atoms. The van der Waals surface area contributed by atoms with Gasteiger partial charge in [-0.25, -0.2) is 14.8 Å². The number of nitrogens with one attached hydrogen (secondary N) is 1. The molecule has 0 amide bonds. The van der Waals surface area contributed by atoms with Crippen LogP contribution in [0.5, 0.6) is 5.88 Å². The Kier molecular flexibility index (Phi) is 2.04. The molecule has 84 valence electrons. The number of aromatic amines is 1. The first-order valence-electron chi connectivity index (χ1n) is 4.73. The van der Waals surface area contributed by atoms with E-state index in [1.165, 1.54) is 12.3 Å². The van der Waals surface area contributed by atoms with Crippen LogP contribution in [0.15, 0.2) is 35.4 Å². The lowest BCUT2D eigenvalue weighted by Crippen LogP contribution is -2.14. The second-order valence-corrected chi connectivity index (χ2v) is 3.14. The molecular weight excluding hydrogens is 224 g/mol. The highest BCUT2D eigenvalue weighted by Gasteiger charge is 2.06. The van der Waals surface area contributed by atoms with Gasteiger partial charge in [0.2, 0.25) is 11.5 Å². The lowest BCUT2D eigenvalue weighted by atomic mass is 10.4. The van der Waals surface area contributed by atoms with Crippen molar-refractivity contribution in [1.82, 2.24) is 30.1 Å². The molecule has 3 heterocycles. The Bertz CT molecular complexity index is 718. The van der Waals surface area contributed by atoms with Gasteiger partial charge in [-0.1, -0.05) is 4.85 Å². The third-order valence-corrected chi connectivity index (χ3v) is 2.01. The molecular formula is C9H6N6O2. The summed E-state index contributed by atoms with van der Waals surface area (Å²) in [6.45, 7) is 0. The zero-order valence-corrected chi connectivity index (χ0v) is 8.44. The van der Waals surface area contributed by atoms with E-state index in [1.807, 2.05) is 0 Å². The van der Waals surface area contributed by atoms with Crippen molar-refractivity contribution in [2.45, 2.75) is 0 Å². The average molecular weight is 230 g/mol. The number of hydrogen-bond donors (Lipinski definition) is 1. The van der Waals surface area contributed by atoms with E-state index < -0.39 is 5.69 Å².